The number of benzene rings is 6. The Bertz CT molecular complexity index is 2960. The van der Waals surface area contributed by atoms with E-state index in [1.54, 1.807) is 0 Å². The van der Waals surface area contributed by atoms with E-state index in [-0.39, 0.29) is 0 Å². The van der Waals surface area contributed by atoms with Crippen molar-refractivity contribution in [3.8, 4) is 30.9 Å². The van der Waals surface area contributed by atoms with Crippen LogP contribution < -0.4 is 0 Å². The monoisotopic (exact) mass is 773 g/mol. The molecule has 5 aromatic heterocycles. The number of para-hydroxylation sites is 4. The normalized spacial score (nSPS) is 12.7. The van der Waals surface area contributed by atoms with E-state index < -0.39 is 0 Å². The zero-order valence-electron chi connectivity index (χ0n) is 32.3. The van der Waals surface area contributed by atoms with Crippen LogP contribution in [0, 0.1) is 5.92 Å². The van der Waals surface area contributed by atoms with E-state index in [1.165, 1.54) is 122 Å². The smallest absolute Gasteiger partial charge is 0.101 e. The van der Waals surface area contributed by atoms with Crippen molar-refractivity contribution in [2.24, 2.45) is 5.92 Å². The fourth-order valence-corrected chi connectivity index (χ4v) is 11.4. The van der Waals surface area contributed by atoms with Gasteiger partial charge in [-0.2, -0.15) is 0 Å². The molecule has 0 saturated heterocycles. The van der Waals surface area contributed by atoms with E-state index in [4.69, 9.17) is 0 Å². The molecule has 0 aliphatic carbocycles. The Balaban J connectivity index is 1.04. The summed E-state index contributed by atoms with van der Waals surface area (Å²) in [6.07, 6.45) is 4.99. The van der Waals surface area contributed by atoms with Gasteiger partial charge in [-0.1, -0.05) is 118 Å². The predicted molar refractivity (Wildman–Crippen MR) is 248 cm³/mol. The van der Waals surface area contributed by atoms with Crippen molar-refractivity contribution in [2.45, 2.75) is 46.1 Å². The molecule has 11 rings (SSSR count). The number of fused-ring (bicyclic) bond motifs is 9. The molecule has 0 aliphatic heterocycles. The van der Waals surface area contributed by atoms with Crippen molar-refractivity contribution in [1.82, 2.24) is 13.7 Å². The highest BCUT2D eigenvalue weighted by molar-refractivity contribution is 7.18. The van der Waals surface area contributed by atoms with Crippen molar-refractivity contribution < 1.29 is 0 Å². The quantitative estimate of drug-likeness (QED) is 0.131. The van der Waals surface area contributed by atoms with Gasteiger partial charge in [0.15, 0.2) is 0 Å². The molecule has 5 heterocycles. The lowest BCUT2D eigenvalue weighted by Crippen LogP contribution is -2.10. The summed E-state index contributed by atoms with van der Waals surface area (Å²) in [6.45, 7) is 5.72. The molecule has 0 saturated carbocycles. The minimum absolute atomic E-state index is 0.653. The van der Waals surface area contributed by atoms with E-state index in [1.807, 2.05) is 22.7 Å². The molecule has 11 aromatic rings. The lowest BCUT2D eigenvalue weighted by molar-refractivity contribution is 0.401. The number of thiophene rings is 2. The molecule has 1 atom stereocenters. The van der Waals surface area contributed by atoms with E-state index in [0.29, 0.717) is 5.92 Å². The Morgan fingerprint density at radius 1 is 0.439 bits per heavy atom. The number of hydrogen-bond donors (Lipinski definition) is 0. The molecule has 0 amide bonds. The number of rotatable bonds is 10. The summed E-state index contributed by atoms with van der Waals surface area (Å²) in [4.78, 5) is 2.57. The number of nitrogens with zero attached hydrogens (tertiary/aromatic N) is 3. The van der Waals surface area contributed by atoms with Gasteiger partial charge in [-0.25, -0.2) is 0 Å². The molecule has 57 heavy (non-hydrogen) atoms. The highest BCUT2D eigenvalue weighted by atomic mass is 32.1. The van der Waals surface area contributed by atoms with Crippen molar-refractivity contribution in [1.29, 1.82) is 0 Å². The lowest BCUT2D eigenvalue weighted by atomic mass is 9.99. The van der Waals surface area contributed by atoms with Crippen LogP contribution in [0.5, 0.6) is 0 Å². The van der Waals surface area contributed by atoms with E-state index in [9.17, 15) is 0 Å². The van der Waals surface area contributed by atoms with Gasteiger partial charge in [-0.05, 0) is 96.3 Å². The second-order valence-corrected chi connectivity index (χ2v) is 17.6. The summed E-state index contributed by atoms with van der Waals surface area (Å²) < 4.78 is 7.49. The molecular formula is C52H43N3S2. The zero-order valence-corrected chi connectivity index (χ0v) is 33.9. The molecule has 0 radical (unpaired) electrons. The third kappa shape index (κ3) is 5.59. The summed E-state index contributed by atoms with van der Waals surface area (Å²) >= 11 is 3.75. The molecule has 1 unspecified atom stereocenters. The van der Waals surface area contributed by atoms with Gasteiger partial charge in [0.25, 0.3) is 0 Å². The summed E-state index contributed by atoms with van der Waals surface area (Å²) in [7, 11) is 0. The highest BCUT2D eigenvalue weighted by Crippen LogP contribution is 2.42. The molecule has 6 aromatic carbocycles. The van der Waals surface area contributed by atoms with Crippen molar-refractivity contribution in [3.63, 3.8) is 0 Å². The van der Waals surface area contributed by atoms with E-state index in [2.05, 4.69) is 185 Å². The maximum Gasteiger partial charge on any atom is 0.101 e. The average Bonchev–Trinajstić information content (AvgIpc) is 4.10. The Labute approximate surface area is 340 Å². The summed E-state index contributed by atoms with van der Waals surface area (Å²) in [5, 5.41) is 10.3. The molecule has 3 nitrogen and oxygen atoms in total. The van der Waals surface area contributed by atoms with Crippen molar-refractivity contribution >= 4 is 88.1 Å². The zero-order chi connectivity index (χ0) is 38.0. The minimum Gasteiger partial charge on any atom is -0.340 e. The van der Waals surface area contributed by atoms with Crippen molar-refractivity contribution in [2.75, 3.05) is 0 Å². The second kappa shape index (κ2) is 13.9. The Morgan fingerprint density at radius 3 is 1.26 bits per heavy atom. The number of unbranched alkanes of at least 4 members (excludes halogenated alkanes) is 1. The summed E-state index contributed by atoms with van der Waals surface area (Å²) in [6, 6.07) is 58.8. The van der Waals surface area contributed by atoms with Crippen LogP contribution in [0.1, 0.15) is 39.5 Å². The van der Waals surface area contributed by atoms with Gasteiger partial charge in [0.05, 0.1) is 22.1 Å². The van der Waals surface area contributed by atoms with Gasteiger partial charge in [0.2, 0.25) is 0 Å². The first-order valence-corrected chi connectivity index (χ1v) is 22.1. The Morgan fingerprint density at radius 2 is 0.860 bits per heavy atom. The maximum atomic E-state index is 2.62. The molecule has 278 valence electrons. The predicted octanol–water partition coefficient (Wildman–Crippen LogP) is 15.7. The largest absolute Gasteiger partial charge is 0.340 e. The molecular weight excluding hydrogens is 731 g/mol. The minimum atomic E-state index is 0.653. The van der Waals surface area contributed by atoms with Gasteiger partial charge in [0.1, 0.15) is 10.0 Å². The van der Waals surface area contributed by atoms with Crippen LogP contribution in [0.25, 0.3) is 96.3 Å². The summed E-state index contributed by atoms with van der Waals surface area (Å²) in [5.41, 5.74) is 10.2. The van der Waals surface area contributed by atoms with Gasteiger partial charge < -0.3 is 13.7 Å². The van der Waals surface area contributed by atoms with Gasteiger partial charge in [0, 0.05) is 59.6 Å². The average molecular weight is 774 g/mol. The fourth-order valence-electron chi connectivity index (χ4n) is 9.31. The van der Waals surface area contributed by atoms with Gasteiger partial charge in [-0.3, -0.25) is 0 Å². The standard InChI is InChI=1S/C52H43N3S2/c1-3-5-14-34(4-2)33-53-43-25-23-35(49-27-29-51(56-49)54-45-19-10-6-15-37(45)38-16-7-11-20-46(38)54)31-41(43)42-32-36(24-26-44(42)53)50-28-30-52(57-50)55-47-21-12-8-17-39(47)40-18-9-13-22-48(40)55/h6-13,15-32,34H,3-5,14,33H2,1-2H3. The van der Waals surface area contributed by atoms with Crippen LogP contribution in [0.2, 0.25) is 0 Å². The van der Waals surface area contributed by atoms with E-state index in [0.717, 1.165) is 6.54 Å². The van der Waals surface area contributed by atoms with Crippen LogP contribution in [-0.2, 0) is 6.54 Å². The third-order valence-corrected chi connectivity index (χ3v) is 14.4. The SMILES string of the molecule is CCCCC(CC)Cn1c2ccc(-c3ccc(-n4c5ccccc5c5ccccc54)s3)cc2c2cc(-c3ccc(-n4c5ccccc5c5ccccc54)s3)ccc21. The number of aromatic nitrogens is 3. The Hall–Kier alpha value is -5.88. The molecule has 5 heteroatoms. The Kier molecular flexibility index (Phi) is 8.41. The first-order chi connectivity index (χ1) is 28.2. The van der Waals surface area contributed by atoms with Crippen LogP contribution in [0.15, 0.2) is 158 Å². The molecule has 0 N–H and O–H groups in total. The first kappa shape index (κ1) is 34.4. The van der Waals surface area contributed by atoms with Gasteiger partial charge >= 0.3 is 0 Å². The second-order valence-electron chi connectivity index (χ2n) is 15.5. The van der Waals surface area contributed by atoms with Crippen LogP contribution >= 0.6 is 22.7 Å². The molecule has 0 spiro atoms. The lowest BCUT2D eigenvalue weighted by Gasteiger charge is -2.17. The topological polar surface area (TPSA) is 14.8 Å². The maximum absolute atomic E-state index is 2.62. The van der Waals surface area contributed by atoms with Crippen LogP contribution in [0.4, 0.5) is 0 Å². The fraction of sp³-hybridized carbons (Fsp3) is 0.154. The van der Waals surface area contributed by atoms with Crippen molar-refractivity contribution in [3.05, 3.63) is 158 Å². The molecule has 0 bridgehead atoms. The summed E-state index contributed by atoms with van der Waals surface area (Å²) in [5.74, 6) is 0.653. The highest BCUT2D eigenvalue weighted by Gasteiger charge is 2.19. The molecule has 0 fully saturated rings. The first-order valence-electron chi connectivity index (χ1n) is 20.4. The molecule has 0 aliphatic rings. The third-order valence-electron chi connectivity index (χ3n) is 12.2. The van der Waals surface area contributed by atoms with Gasteiger partial charge in [-0.15, -0.1) is 22.7 Å². The van der Waals surface area contributed by atoms with E-state index >= 15 is 0 Å². The van der Waals surface area contributed by atoms with Crippen LogP contribution in [0.3, 0.4) is 0 Å². The van der Waals surface area contributed by atoms with Crippen LogP contribution in [-0.4, -0.2) is 13.7 Å². The number of hydrogen-bond acceptors (Lipinski definition) is 2.